The Morgan fingerprint density at radius 2 is 1.73 bits per heavy atom. The molecule has 0 saturated heterocycles. The molecule has 0 fully saturated rings. The van der Waals surface area contributed by atoms with Gasteiger partial charge >= 0.3 is 5.97 Å². The van der Waals surface area contributed by atoms with Gasteiger partial charge in [0.2, 0.25) is 0 Å². The van der Waals surface area contributed by atoms with Crippen molar-refractivity contribution in [2.24, 2.45) is 0 Å². The highest BCUT2D eigenvalue weighted by Crippen LogP contribution is 2.12. The zero-order valence-corrected chi connectivity index (χ0v) is 14.8. The molecule has 0 unspecified atom stereocenters. The fourth-order valence-corrected chi connectivity index (χ4v) is 2.13. The second-order valence-corrected chi connectivity index (χ2v) is 5.89. The van der Waals surface area contributed by atoms with E-state index >= 15 is 0 Å². The summed E-state index contributed by atoms with van der Waals surface area (Å²) >= 11 is 0. The number of hydrogen-bond acceptors (Lipinski definition) is 4. The topological polar surface area (TPSA) is 64.6 Å². The van der Waals surface area contributed by atoms with Crippen LogP contribution in [0.5, 0.6) is 5.75 Å². The Hall–Kier alpha value is -2.89. The first kappa shape index (κ1) is 19.4. The van der Waals surface area contributed by atoms with Crippen molar-refractivity contribution < 1.29 is 23.5 Å². The van der Waals surface area contributed by atoms with Gasteiger partial charge in [-0.3, -0.25) is 9.59 Å². The molecular formula is C20H22FNO4. The number of nitrogens with one attached hydrogen (secondary N) is 1. The van der Waals surface area contributed by atoms with Crippen LogP contribution >= 0.6 is 0 Å². The van der Waals surface area contributed by atoms with Crippen LogP contribution in [-0.4, -0.2) is 24.6 Å². The number of aryl methyl sites for hydroxylation is 1. The molecule has 0 radical (unpaired) electrons. The Balaban J connectivity index is 1.66. The van der Waals surface area contributed by atoms with Crippen LogP contribution in [0.2, 0.25) is 0 Å². The summed E-state index contributed by atoms with van der Waals surface area (Å²) in [6.45, 7) is 3.86. The van der Waals surface area contributed by atoms with Gasteiger partial charge in [-0.1, -0.05) is 17.7 Å². The minimum atomic E-state index is -0.939. The van der Waals surface area contributed by atoms with E-state index in [4.69, 9.17) is 9.47 Å². The molecule has 0 aliphatic carbocycles. The third-order valence-corrected chi connectivity index (χ3v) is 3.60. The monoisotopic (exact) mass is 359 g/mol. The van der Waals surface area contributed by atoms with Crippen LogP contribution in [0.15, 0.2) is 48.5 Å². The van der Waals surface area contributed by atoms with Gasteiger partial charge < -0.3 is 14.8 Å². The minimum absolute atomic E-state index is 0.153. The largest absolute Gasteiger partial charge is 0.494 e. The predicted molar refractivity (Wildman–Crippen MR) is 96.5 cm³/mol. The maximum Gasteiger partial charge on any atom is 0.306 e. The molecule has 0 bridgehead atoms. The lowest BCUT2D eigenvalue weighted by molar-refractivity contribution is -0.153. The molecule has 1 amide bonds. The van der Waals surface area contributed by atoms with Crippen LogP contribution in [0.1, 0.15) is 25.3 Å². The van der Waals surface area contributed by atoms with E-state index in [1.807, 2.05) is 31.2 Å². The van der Waals surface area contributed by atoms with Gasteiger partial charge in [-0.05, 0) is 56.7 Å². The fraction of sp³-hybridized carbons (Fsp3) is 0.300. The molecule has 0 saturated carbocycles. The first-order valence-electron chi connectivity index (χ1n) is 8.39. The Labute approximate surface area is 152 Å². The Morgan fingerprint density at radius 1 is 1.08 bits per heavy atom. The molecule has 1 N–H and O–H groups in total. The summed E-state index contributed by atoms with van der Waals surface area (Å²) in [5.74, 6) is -0.591. The van der Waals surface area contributed by atoms with Crippen molar-refractivity contribution in [3.8, 4) is 5.75 Å². The van der Waals surface area contributed by atoms with Crippen LogP contribution < -0.4 is 10.1 Å². The van der Waals surface area contributed by atoms with E-state index < -0.39 is 23.8 Å². The van der Waals surface area contributed by atoms with E-state index in [2.05, 4.69) is 5.32 Å². The van der Waals surface area contributed by atoms with Gasteiger partial charge in [-0.25, -0.2) is 4.39 Å². The van der Waals surface area contributed by atoms with Crippen molar-refractivity contribution in [2.45, 2.75) is 32.8 Å². The van der Waals surface area contributed by atoms with E-state index in [0.717, 1.165) is 11.3 Å². The van der Waals surface area contributed by atoms with Crippen LogP contribution in [0.4, 0.5) is 10.1 Å². The molecule has 0 aliphatic heterocycles. The number of anilines is 1. The highest BCUT2D eigenvalue weighted by atomic mass is 19.1. The summed E-state index contributed by atoms with van der Waals surface area (Å²) in [5.41, 5.74) is 1.58. The molecule has 0 aromatic heterocycles. The van der Waals surface area contributed by atoms with Crippen molar-refractivity contribution in [1.82, 2.24) is 0 Å². The lowest BCUT2D eigenvalue weighted by Gasteiger charge is -2.13. The number of carbonyl (C=O) groups is 2. The van der Waals surface area contributed by atoms with E-state index in [1.54, 1.807) is 0 Å². The highest BCUT2D eigenvalue weighted by molar-refractivity contribution is 5.95. The van der Waals surface area contributed by atoms with E-state index in [9.17, 15) is 14.0 Å². The van der Waals surface area contributed by atoms with Crippen molar-refractivity contribution in [2.75, 3.05) is 11.9 Å². The smallest absolute Gasteiger partial charge is 0.306 e. The third kappa shape index (κ3) is 6.55. The van der Waals surface area contributed by atoms with Crippen LogP contribution in [0.3, 0.4) is 0 Å². The van der Waals surface area contributed by atoms with E-state index in [0.29, 0.717) is 18.7 Å². The predicted octanol–water partition coefficient (Wildman–Crippen LogP) is 3.86. The van der Waals surface area contributed by atoms with Crippen LogP contribution in [-0.2, 0) is 14.3 Å². The van der Waals surface area contributed by atoms with Gasteiger partial charge in [-0.2, -0.15) is 0 Å². The summed E-state index contributed by atoms with van der Waals surface area (Å²) in [5, 5.41) is 2.56. The molecular weight excluding hydrogens is 337 g/mol. The first-order valence-corrected chi connectivity index (χ1v) is 8.39. The van der Waals surface area contributed by atoms with Crippen molar-refractivity contribution in [1.29, 1.82) is 0 Å². The zero-order chi connectivity index (χ0) is 18.9. The molecule has 5 nitrogen and oxygen atoms in total. The van der Waals surface area contributed by atoms with Crippen molar-refractivity contribution >= 4 is 17.6 Å². The number of carbonyl (C=O) groups excluding carboxylic acids is 2. The van der Waals surface area contributed by atoms with E-state index in [-0.39, 0.29) is 6.42 Å². The SMILES string of the molecule is Cc1ccc(OCCCC(=O)O[C@@H](C)C(=O)Nc2ccc(F)cc2)cc1. The molecule has 2 aromatic carbocycles. The number of benzene rings is 2. The molecule has 2 aromatic rings. The number of hydrogen-bond donors (Lipinski definition) is 1. The Bertz CT molecular complexity index is 728. The standard InChI is InChI=1S/C20H22FNO4/c1-14-5-11-18(12-6-14)25-13-3-4-19(23)26-15(2)20(24)22-17-9-7-16(21)8-10-17/h5-12,15H,3-4,13H2,1-2H3,(H,22,24)/t15-/m0/s1. The van der Waals surface area contributed by atoms with Gasteiger partial charge in [0.1, 0.15) is 11.6 Å². The van der Waals surface area contributed by atoms with Gasteiger partial charge in [0.15, 0.2) is 6.10 Å². The molecule has 138 valence electrons. The fourth-order valence-electron chi connectivity index (χ4n) is 2.13. The van der Waals surface area contributed by atoms with Crippen LogP contribution in [0, 0.1) is 12.7 Å². The summed E-state index contributed by atoms with van der Waals surface area (Å²) < 4.78 is 23.5. The van der Waals surface area contributed by atoms with Gasteiger partial charge in [0.05, 0.1) is 6.61 Å². The third-order valence-electron chi connectivity index (χ3n) is 3.60. The summed E-state index contributed by atoms with van der Waals surface area (Å²) in [4.78, 5) is 23.8. The van der Waals surface area contributed by atoms with Crippen molar-refractivity contribution in [3.63, 3.8) is 0 Å². The number of esters is 1. The summed E-state index contributed by atoms with van der Waals surface area (Å²) in [7, 11) is 0. The molecule has 2 rings (SSSR count). The lowest BCUT2D eigenvalue weighted by Crippen LogP contribution is -2.30. The second-order valence-electron chi connectivity index (χ2n) is 5.89. The normalized spacial score (nSPS) is 11.5. The quantitative estimate of drug-likeness (QED) is 0.574. The maximum atomic E-state index is 12.8. The molecule has 0 heterocycles. The summed E-state index contributed by atoms with van der Waals surface area (Å²) in [6.07, 6.45) is -0.301. The number of amides is 1. The Kier molecular flexibility index (Phi) is 7.14. The number of halogens is 1. The number of rotatable bonds is 8. The first-order chi connectivity index (χ1) is 12.4. The highest BCUT2D eigenvalue weighted by Gasteiger charge is 2.17. The minimum Gasteiger partial charge on any atom is -0.494 e. The lowest BCUT2D eigenvalue weighted by atomic mass is 10.2. The van der Waals surface area contributed by atoms with E-state index in [1.165, 1.54) is 31.2 Å². The molecule has 26 heavy (non-hydrogen) atoms. The van der Waals surface area contributed by atoms with Crippen molar-refractivity contribution in [3.05, 3.63) is 59.9 Å². The molecule has 0 aliphatic rings. The number of ether oxygens (including phenoxy) is 2. The summed E-state index contributed by atoms with van der Waals surface area (Å²) in [6, 6.07) is 13.0. The maximum absolute atomic E-state index is 12.8. The Morgan fingerprint density at radius 3 is 2.38 bits per heavy atom. The van der Waals surface area contributed by atoms with Gasteiger partial charge in [0, 0.05) is 12.1 Å². The molecule has 0 spiro atoms. The average Bonchev–Trinajstić information content (AvgIpc) is 2.62. The molecule has 6 heteroatoms. The van der Waals surface area contributed by atoms with Gasteiger partial charge in [-0.15, -0.1) is 0 Å². The van der Waals surface area contributed by atoms with Crippen LogP contribution in [0.25, 0.3) is 0 Å². The second kappa shape index (κ2) is 9.56. The average molecular weight is 359 g/mol. The van der Waals surface area contributed by atoms with Gasteiger partial charge in [0.25, 0.3) is 5.91 Å². The molecule has 1 atom stereocenters. The zero-order valence-electron chi connectivity index (χ0n) is 14.8.